The summed E-state index contributed by atoms with van der Waals surface area (Å²) >= 11 is 3.09. The molecule has 13 heavy (non-hydrogen) atoms. The topological polar surface area (TPSA) is 42.9 Å². The molecule has 0 radical (unpaired) electrons. The molecule has 0 amide bonds. The lowest BCUT2D eigenvalue weighted by Gasteiger charge is -1.97. The van der Waals surface area contributed by atoms with Crippen molar-refractivity contribution in [1.82, 2.24) is 10.2 Å². The van der Waals surface area contributed by atoms with Crippen molar-refractivity contribution >= 4 is 21.7 Å². The Bertz CT molecular complexity index is 319. The van der Waals surface area contributed by atoms with Crippen molar-refractivity contribution in [2.45, 2.75) is 18.8 Å². The van der Waals surface area contributed by atoms with Crippen molar-refractivity contribution in [3.05, 3.63) is 23.5 Å². The minimum Gasteiger partial charge on any atom is -0.291 e. The molecular weight excluding hydrogens is 232 g/mol. The number of Topliss-reactive ketones (excluding diaryl/α,β-unsaturated/α-hetero) is 1. The Hall–Kier alpha value is -0.770. The Morgan fingerprint density at radius 2 is 2.23 bits per heavy atom. The highest BCUT2D eigenvalue weighted by atomic mass is 79.9. The zero-order valence-electron chi connectivity index (χ0n) is 7.03. The van der Waals surface area contributed by atoms with Gasteiger partial charge in [-0.25, -0.2) is 0 Å². The van der Waals surface area contributed by atoms with Crippen LogP contribution in [-0.4, -0.2) is 21.3 Å². The first kappa shape index (κ1) is 8.81. The fraction of sp³-hybridized carbons (Fsp3) is 0.444. The largest absolute Gasteiger partial charge is 0.291 e. The fourth-order valence-electron chi connectivity index (χ4n) is 1.16. The maximum absolute atomic E-state index is 11.2. The number of nitrogens with zero attached hydrogens (tertiary/aromatic N) is 2. The molecule has 1 heterocycles. The van der Waals surface area contributed by atoms with Gasteiger partial charge in [0, 0.05) is 5.92 Å². The number of rotatable bonds is 3. The zero-order chi connectivity index (χ0) is 9.26. The summed E-state index contributed by atoms with van der Waals surface area (Å²) in [6.45, 7) is 0. The van der Waals surface area contributed by atoms with E-state index in [2.05, 4.69) is 26.1 Å². The first-order chi connectivity index (χ1) is 6.31. The SMILES string of the molecule is O=C(CBr)c1ccc(C2CC2)nn1. The molecule has 0 saturated heterocycles. The van der Waals surface area contributed by atoms with E-state index >= 15 is 0 Å². The molecule has 1 aromatic heterocycles. The van der Waals surface area contributed by atoms with Gasteiger partial charge in [0.15, 0.2) is 5.78 Å². The first-order valence-electron chi connectivity index (χ1n) is 4.24. The molecule has 0 spiro atoms. The highest BCUT2D eigenvalue weighted by molar-refractivity contribution is 9.09. The second kappa shape index (κ2) is 3.54. The van der Waals surface area contributed by atoms with Crippen molar-refractivity contribution in [1.29, 1.82) is 0 Å². The van der Waals surface area contributed by atoms with Crippen LogP contribution < -0.4 is 0 Å². The number of ketones is 1. The number of hydrogen-bond donors (Lipinski definition) is 0. The van der Waals surface area contributed by atoms with Crippen molar-refractivity contribution in [2.24, 2.45) is 0 Å². The first-order valence-corrected chi connectivity index (χ1v) is 5.36. The van der Waals surface area contributed by atoms with Crippen LogP contribution in [0.4, 0.5) is 0 Å². The Morgan fingerprint density at radius 1 is 1.46 bits per heavy atom. The Morgan fingerprint density at radius 3 is 2.69 bits per heavy atom. The van der Waals surface area contributed by atoms with E-state index in [1.54, 1.807) is 6.07 Å². The van der Waals surface area contributed by atoms with Gasteiger partial charge in [0.2, 0.25) is 0 Å². The van der Waals surface area contributed by atoms with Gasteiger partial charge >= 0.3 is 0 Å². The van der Waals surface area contributed by atoms with Crippen LogP contribution in [0.1, 0.15) is 34.9 Å². The lowest BCUT2D eigenvalue weighted by molar-refractivity contribution is 0.101. The van der Waals surface area contributed by atoms with Crippen LogP contribution in [0.5, 0.6) is 0 Å². The minimum atomic E-state index is -0.0187. The normalized spacial score (nSPS) is 15.8. The Balaban J connectivity index is 2.17. The number of alkyl halides is 1. The number of hydrogen-bond acceptors (Lipinski definition) is 3. The van der Waals surface area contributed by atoms with Gasteiger partial charge in [-0.15, -0.1) is 5.10 Å². The van der Waals surface area contributed by atoms with Crippen molar-refractivity contribution in [3.8, 4) is 0 Å². The molecule has 1 fully saturated rings. The van der Waals surface area contributed by atoms with Gasteiger partial charge in [0.25, 0.3) is 0 Å². The number of halogens is 1. The van der Waals surface area contributed by atoms with Gasteiger partial charge in [0.05, 0.1) is 11.0 Å². The highest BCUT2D eigenvalue weighted by Gasteiger charge is 2.25. The maximum atomic E-state index is 11.2. The molecule has 0 atom stereocenters. The molecule has 2 rings (SSSR count). The molecule has 0 unspecified atom stereocenters. The van der Waals surface area contributed by atoms with Crippen LogP contribution in [0.15, 0.2) is 12.1 Å². The molecule has 1 aromatic rings. The maximum Gasteiger partial charge on any atom is 0.193 e. The van der Waals surface area contributed by atoms with E-state index in [4.69, 9.17) is 0 Å². The lowest BCUT2D eigenvalue weighted by Crippen LogP contribution is -2.05. The van der Waals surface area contributed by atoms with Gasteiger partial charge < -0.3 is 0 Å². The molecule has 68 valence electrons. The standard InChI is InChI=1S/C9H9BrN2O/c10-5-9(13)8-4-3-7(11-12-8)6-1-2-6/h3-4,6H,1-2,5H2. The average Bonchev–Trinajstić information content (AvgIpc) is 3.00. The van der Waals surface area contributed by atoms with E-state index in [-0.39, 0.29) is 5.78 Å². The van der Waals surface area contributed by atoms with Crippen LogP contribution in [0, 0.1) is 0 Å². The van der Waals surface area contributed by atoms with Crippen molar-refractivity contribution < 1.29 is 4.79 Å². The third-order valence-electron chi connectivity index (χ3n) is 2.09. The van der Waals surface area contributed by atoms with E-state index in [1.165, 1.54) is 12.8 Å². The summed E-state index contributed by atoms with van der Waals surface area (Å²) in [7, 11) is 0. The molecular formula is C9H9BrN2O. The highest BCUT2D eigenvalue weighted by Crippen LogP contribution is 2.38. The second-order valence-electron chi connectivity index (χ2n) is 3.17. The molecule has 3 nitrogen and oxygen atoms in total. The van der Waals surface area contributed by atoms with Crippen LogP contribution in [0.25, 0.3) is 0 Å². The van der Waals surface area contributed by atoms with Gasteiger partial charge in [-0.05, 0) is 25.0 Å². The second-order valence-corrected chi connectivity index (χ2v) is 3.74. The van der Waals surface area contributed by atoms with E-state index in [9.17, 15) is 4.79 Å². The zero-order valence-corrected chi connectivity index (χ0v) is 8.62. The van der Waals surface area contributed by atoms with E-state index in [1.807, 2.05) is 6.07 Å². The van der Waals surface area contributed by atoms with Crippen LogP contribution in [0.2, 0.25) is 0 Å². The molecule has 1 aliphatic rings. The third kappa shape index (κ3) is 1.94. The number of carbonyl (C=O) groups is 1. The summed E-state index contributed by atoms with van der Waals surface area (Å²) in [5.74, 6) is 0.579. The Labute approximate surface area is 84.7 Å². The predicted molar refractivity (Wildman–Crippen MR) is 52.1 cm³/mol. The van der Waals surface area contributed by atoms with E-state index in [0.717, 1.165) is 5.69 Å². The van der Waals surface area contributed by atoms with Gasteiger partial charge in [-0.1, -0.05) is 15.9 Å². The summed E-state index contributed by atoms with van der Waals surface area (Å²) in [4.78, 5) is 11.2. The molecule has 0 aliphatic heterocycles. The van der Waals surface area contributed by atoms with E-state index in [0.29, 0.717) is 16.9 Å². The predicted octanol–water partition coefficient (Wildman–Crippen LogP) is 1.93. The molecule has 1 aliphatic carbocycles. The Kier molecular flexibility index (Phi) is 2.40. The van der Waals surface area contributed by atoms with Gasteiger partial charge in [-0.2, -0.15) is 5.10 Å². The van der Waals surface area contributed by atoms with Crippen LogP contribution >= 0.6 is 15.9 Å². The summed E-state index contributed by atoms with van der Waals surface area (Å²) in [6.07, 6.45) is 2.42. The molecule has 1 saturated carbocycles. The monoisotopic (exact) mass is 240 g/mol. The molecule has 4 heteroatoms. The average molecular weight is 241 g/mol. The smallest absolute Gasteiger partial charge is 0.193 e. The lowest BCUT2D eigenvalue weighted by atomic mass is 10.2. The minimum absolute atomic E-state index is 0.0187. The summed E-state index contributed by atoms with van der Waals surface area (Å²) in [5.41, 5.74) is 1.47. The third-order valence-corrected chi connectivity index (χ3v) is 2.60. The summed E-state index contributed by atoms with van der Waals surface area (Å²) in [6, 6.07) is 3.66. The van der Waals surface area contributed by atoms with Crippen LogP contribution in [0.3, 0.4) is 0 Å². The van der Waals surface area contributed by atoms with Gasteiger partial charge in [-0.3, -0.25) is 4.79 Å². The van der Waals surface area contributed by atoms with E-state index < -0.39 is 0 Å². The fourth-order valence-corrected chi connectivity index (χ4v) is 1.44. The molecule has 0 aromatic carbocycles. The van der Waals surface area contributed by atoms with Crippen molar-refractivity contribution in [2.75, 3.05) is 5.33 Å². The summed E-state index contributed by atoms with van der Waals surface area (Å²) < 4.78 is 0. The van der Waals surface area contributed by atoms with Crippen molar-refractivity contribution in [3.63, 3.8) is 0 Å². The van der Waals surface area contributed by atoms with Gasteiger partial charge in [0.1, 0.15) is 5.69 Å². The summed E-state index contributed by atoms with van der Waals surface area (Å²) in [5, 5.41) is 8.21. The number of aromatic nitrogens is 2. The quantitative estimate of drug-likeness (QED) is 0.599. The van der Waals surface area contributed by atoms with Crippen LogP contribution in [-0.2, 0) is 0 Å². The molecule has 0 N–H and O–H groups in total. The molecule has 0 bridgehead atoms. The number of carbonyl (C=O) groups excluding carboxylic acids is 1.